The highest BCUT2D eigenvalue weighted by molar-refractivity contribution is 5.94. The molecular weight excluding hydrogens is 420 g/mol. The van der Waals surface area contributed by atoms with Crippen molar-refractivity contribution in [2.45, 2.75) is 0 Å². The summed E-state index contributed by atoms with van der Waals surface area (Å²) in [5, 5.41) is 15.1. The van der Waals surface area contributed by atoms with Crippen LogP contribution in [0.15, 0.2) is 127 Å². The highest BCUT2D eigenvalue weighted by Gasteiger charge is 2.17. The molecule has 0 atom stereocenters. The number of nitro groups is 1. The molecule has 0 fully saturated rings. The fourth-order valence-electron chi connectivity index (χ4n) is 4.13. The summed E-state index contributed by atoms with van der Waals surface area (Å²) in [4.78, 5) is 11.3. The van der Waals surface area contributed by atoms with E-state index in [0.29, 0.717) is 5.69 Å². The number of hydrogen-bond acceptors (Lipinski definition) is 3. The maximum atomic E-state index is 11.7. The zero-order valence-corrected chi connectivity index (χ0v) is 18.4. The first kappa shape index (κ1) is 21.2. The maximum absolute atomic E-state index is 11.7. The zero-order chi connectivity index (χ0) is 23.3. The van der Waals surface area contributed by atoms with Gasteiger partial charge in [0.25, 0.3) is 5.69 Å². The maximum Gasteiger partial charge on any atom is 0.292 e. The van der Waals surface area contributed by atoms with Crippen molar-refractivity contribution in [3.8, 4) is 33.4 Å². The van der Waals surface area contributed by atoms with Crippen LogP contribution in [0.3, 0.4) is 0 Å². The van der Waals surface area contributed by atoms with E-state index in [4.69, 9.17) is 0 Å². The Hall–Kier alpha value is -4.70. The van der Waals surface area contributed by atoms with E-state index >= 15 is 0 Å². The van der Waals surface area contributed by atoms with Crippen molar-refractivity contribution in [1.82, 2.24) is 0 Å². The predicted octanol–water partition coefficient (Wildman–Crippen LogP) is 8.34. The van der Waals surface area contributed by atoms with Crippen molar-refractivity contribution in [2.75, 3.05) is 5.32 Å². The van der Waals surface area contributed by atoms with Gasteiger partial charge in [0, 0.05) is 17.2 Å². The van der Waals surface area contributed by atoms with Gasteiger partial charge in [-0.05, 0) is 28.3 Å². The number of nitrogens with one attached hydrogen (secondary N) is 1. The van der Waals surface area contributed by atoms with Gasteiger partial charge < -0.3 is 5.32 Å². The molecule has 4 heteroatoms. The van der Waals surface area contributed by atoms with Crippen LogP contribution >= 0.6 is 0 Å². The molecule has 4 nitrogen and oxygen atoms in total. The van der Waals surface area contributed by atoms with E-state index in [1.165, 1.54) is 6.07 Å². The normalized spacial score (nSPS) is 10.6. The van der Waals surface area contributed by atoms with Gasteiger partial charge in [-0.2, -0.15) is 0 Å². The number of benzene rings is 5. The third-order valence-electron chi connectivity index (χ3n) is 5.81. The van der Waals surface area contributed by atoms with E-state index in [1.54, 1.807) is 18.2 Å². The molecule has 5 rings (SSSR count). The number of anilines is 2. The van der Waals surface area contributed by atoms with Gasteiger partial charge in [-0.25, -0.2) is 0 Å². The second-order valence-electron chi connectivity index (χ2n) is 7.94. The van der Waals surface area contributed by atoms with E-state index in [-0.39, 0.29) is 10.6 Å². The topological polar surface area (TPSA) is 55.2 Å². The molecule has 0 unspecified atom stereocenters. The first-order valence-corrected chi connectivity index (χ1v) is 11.1. The summed E-state index contributed by atoms with van der Waals surface area (Å²) in [5.41, 5.74) is 7.62. The molecule has 0 heterocycles. The van der Waals surface area contributed by atoms with Crippen LogP contribution in [0.1, 0.15) is 0 Å². The second kappa shape index (κ2) is 9.43. The summed E-state index contributed by atoms with van der Waals surface area (Å²) >= 11 is 0. The molecule has 0 aromatic heterocycles. The van der Waals surface area contributed by atoms with Crippen LogP contribution in [0.4, 0.5) is 17.1 Å². The molecule has 1 N–H and O–H groups in total. The average Bonchev–Trinajstić information content (AvgIpc) is 2.90. The molecule has 5 aromatic rings. The van der Waals surface area contributed by atoms with Gasteiger partial charge in [0.1, 0.15) is 5.69 Å². The van der Waals surface area contributed by atoms with E-state index < -0.39 is 0 Å². The number of hydrogen-bond donors (Lipinski definition) is 1. The molecule has 5 aromatic carbocycles. The summed E-state index contributed by atoms with van der Waals surface area (Å²) in [7, 11) is 0. The Morgan fingerprint density at radius 2 is 0.971 bits per heavy atom. The molecule has 0 spiro atoms. The highest BCUT2D eigenvalue weighted by atomic mass is 16.6. The SMILES string of the molecule is O=[N+]([O-])c1ccccc1Nc1c(-c2ccccc2)cccc1-c1ccc(-c2ccccc2)cc1. The van der Waals surface area contributed by atoms with Crippen LogP contribution in [-0.4, -0.2) is 4.92 Å². The number of para-hydroxylation sites is 3. The molecule has 0 bridgehead atoms. The molecule has 0 aliphatic rings. The Morgan fingerprint density at radius 3 is 1.59 bits per heavy atom. The lowest BCUT2D eigenvalue weighted by atomic mass is 9.94. The molecule has 0 aliphatic carbocycles. The van der Waals surface area contributed by atoms with Gasteiger partial charge >= 0.3 is 0 Å². The van der Waals surface area contributed by atoms with E-state index in [1.807, 2.05) is 66.7 Å². The standard InChI is InChI=1S/C30H22N2O2/c33-32(34)29-17-8-7-16-28(29)31-30-26(24-12-5-2-6-13-24)14-9-15-27(30)25-20-18-23(19-21-25)22-10-3-1-4-11-22/h1-21,31H. The molecule has 0 saturated carbocycles. The second-order valence-corrected chi connectivity index (χ2v) is 7.94. The smallest absolute Gasteiger partial charge is 0.292 e. The summed E-state index contributed by atoms with van der Waals surface area (Å²) in [5.74, 6) is 0. The number of nitrogens with zero attached hydrogens (tertiary/aromatic N) is 1. The summed E-state index contributed by atoms with van der Waals surface area (Å²) < 4.78 is 0. The number of rotatable bonds is 6. The number of nitro benzene ring substituents is 1. The van der Waals surface area contributed by atoms with Crippen LogP contribution in [0, 0.1) is 10.1 Å². The van der Waals surface area contributed by atoms with Crippen LogP contribution in [0.5, 0.6) is 0 Å². The zero-order valence-electron chi connectivity index (χ0n) is 18.4. The minimum atomic E-state index is -0.359. The van der Waals surface area contributed by atoms with Crippen LogP contribution in [0.2, 0.25) is 0 Å². The molecule has 0 radical (unpaired) electrons. The van der Waals surface area contributed by atoms with Crippen LogP contribution < -0.4 is 5.32 Å². The van der Waals surface area contributed by atoms with Crippen LogP contribution in [-0.2, 0) is 0 Å². The Morgan fingerprint density at radius 1 is 0.500 bits per heavy atom. The summed E-state index contributed by atoms with van der Waals surface area (Å²) in [6.07, 6.45) is 0. The van der Waals surface area contributed by atoms with Crippen LogP contribution in [0.25, 0.3) is 33.4 Å². The van der Waals surface area contributed by atoms with Crippen molar-refractivity contribution in [2.24, 2.45) is 0 Å². The lowest BCUT2D eigenvalue weighted by Gasteiger charge is -2.18. The van der Waals surface area contributed by atoms with Crippen molar-refractivity contribution in [3.05, 3.63) is 138 Å². The van der Waals surface area contributed by atoms with Crippen molar-refractivity contribution < 1.29 is 4.92 Å². The first-order valence-electron chi connectivity index (χ1n) is 11.1. The Bertz CT molecular complexity index is 1430. The van der Waals surface area contributed by atoms with Gasteiger partial charge in [0.05, 0.1) is 10.6 Å². The quantitative estimate of drug-likeness (QED) is 0.212. The third-order valence-corrected chi connectivity index (χ3v) is 5.81. The molecule has 34 heavy (non-hydrogen) atoms. The van der Waals surface area contributed by atoms with Gasteiger partial charge in [0.2, 0.25) is 0 Å². The Balaban J connectivity index is 1.64. The van der Waals surface area contributed by atoms with Gasteiger partial charge in [-0.3, -0.25) is 10.1 Å². The lowest BCUT2D eigenvalue weighted by Crippen LogP contribution is -2.00. The average molecular weight is 443 g/mol. The fraction of sp³-hybridized carbons (Fsp3) is 0. The van der Waals surface area contributed by atoms with E-state index in [0.717, 1.165) is 39.1 Å². The minimum Gasteiger partial charge on any atom is -0.349 e. The highest BCUT2D eigenvalue weighted by Crippen LogP contribution is 2.40. The predicted molar refractivity (Wildman–Crippen MR) is 139 cm³/mol. The first-order chi connectivity index (χ1) is 16.7. The van der Waals surface area contributed by atoms with Crippen molar-refractivity contribution >= 4 is 17.1 Å². The van der Waals surface area contributed by atoms with Gasteiger partial charge in [-0.15, -0.1) is 0 Å². The van der Waals surface area contributed by atoms with E-state index in [2.05, 4.69) is 41.7 Å². The van der Waals surface area contributed by atoms with Crippen molar-refractivity contribution in [3.63, 3.8) is 0 Å². The van der Waals surface area contributed by atoms with Gasteiger partial charge in [-0.1, -0.05) is 115 Å². The largest absolute Gasteiger partial charge is 0.349 e. The Labute approximate surface area is 198 Å². The molecule has 0 saturated heterocycles. The lowest BCUT2D eigenvalue weighted by molar-refractivity contribution is -0.383. The van der Waals surface area contributed by atoms with E-state index in [9.17, 15) is 10.1 Å². The Kier molecular flexibility index (Phi) is 5.87. The molecule has 164 valence electrons. The monoisotopic (exact) mass is 442 g/mol. The summed E-state index contributed by atoms with van der Waals surface area (Å²) in [6, 6.07) is 41.5. The van der Waals surface area contributed by atoms with Gasteiger partial charge in [0.15, 0.2) is 0 Å². The minimum absolute atomic E-state index is 0.0377. The molecule has 0 aliphatic heterocycles. The molecule has 0 amide bonds. The van der Waals surface area contributed by atoms with Crippen molar-refractivity contribution in [1.29, 1.82) is 0 Å². The third kappa shape index (κ3) is 4.30. The molecular formula is C30H22N2O2. The summed E-state index contributed by atoms with van der Waals surface area (Å²) in [6.45, 7) is 0. The fourth-order valence-corrected chi connectivity index (χ4v) is 4.13.